The van der Waals surface area contributed by atoms with E-state index < -0.39 is 5.92 Å². The van der Waals surface area contributed by atoms with Crippen molar-refractivity contribution in [1.29, 1.82) is 0 Å². The molecule has 23 heavy (non-hydrogen) atoms. The minimum absolute atomic E-state index is 0.0947. The summed E-state index contributed by atoms with van der Waals surface area (Å²) in [5, 5.41) is 10.8. The summed E-state index contributed by atoms with van der Waals surface area (Å²) < 4.78 is 5.53. The Morgan fingerprint density at radius 2 is 2.00 bits per heavy atom. The minimum Gasteiger partial charge on any atom is -0.511 e. The van der Waals surface area contributed by atoms with Crippen LogP contribution in [0.1, 0.15) is 31.2 Å². The van der Waals surface area contributed by atoms with Gasteiger partial charge in [0.15, 0.2) is 0 Å². The number of ether oxygens (including phenoxy) is 1. The van der Waals surface area contributed by atoms with E-state index in [1.165, 1.54) is 0 Å². The van der Waals surface area contributed by atoms with E-state index in [9.17, 15) is 9.90 Å². The summed E-state index contributed by atoms with van der Waals surface area (Å²) in [6.45, 7) is 2.02. The Morgan fingerprint density at radius 1 is 1.22 bits per heavy atom. The number of esters is 1. The first-order chi connectivity index (χ1) is 11.2. The van der Waals surface area contributed by atoms with Crippen molar-refractivity contribution in [2.45, 2.75) is 25.7 Å². The molecule has 1 N–H and O–H groups in total. The lowest BCUT2D eigenvalue weighted by Crippen LogP contribution is -2.31. The lowest BCUT2D eigenvalue weighted by atomic mass is 9.80. The average Bonchev–Trinajstić information content (AvgIpc) is 2.54. The van der Waals surface area contributed by atoms with E-state index in [0.717, 1.165) is 12.0 Å². The number of hydrogen-bond acceptors (Lipinski definition) is 3. The van der Waals surface area contributed by atoms with Crippen LogP contribution in [0.4, 0.5) is 0 Å². The zero-order valence-electron chi connectivity index (χ0n) is 13.1. The molecule has 0 aromatic heterocycles. The third kappa shape index (κ3) is 3.00. The molecule has 0 amide bonds. The topological polar surface area (TPSA) is 46.5 Å². The van der Waals surface area contributed by atoms with Crippen molar-refractivity contribution in [3.05, 3.63) is 83.4 Å². The molecule has 1 aliphatic heterocycles. The third-order valence-electron chi connectivity index (χ3n) is 4.36. The fourth-order valence-corrected chi connectivity index (χ4v) is 3.19. The van der Waals surface area contributed by atoms with Crippen molar-refractivity contribution in [3.8, 4) is 0 Å². The molecule has 3 rings (SSSR count). The average molecular weight is 308 g/mol. The van der Waals surface area contributed by atoms with E-state index in [1.807, 2.05) is 55.5 Å². The fourth-order valence-electron chi connectivity index (χ4n) is 3.19. The Labute approximate surface area is 136 Å². The summed E-state index contributed by atoms with van der Waals surface area (Å²) in [5.74, 6) is -0.532. The van der Waals surface area contributed by atoms with E-state index >= 15 is 0 Å². The molecule has 0 fully saturated rings. The van der Waals surface area contributed by atoms with E-state index in [4.69, 9.17) is 4.74 Å². The van der Waals surface area contributed by atoms with Crippen LogP contribution < -0.4 is 0 Å². The molecule has 0 bridgehead atoms. The highest BCUT2D eigenvalue weighted by atomic mass is 16.5. The summed E-state index contributed by atoms with van der Waals surface area (Å²) in [5.41, 5.74) is 1.74. The van der Waals surface area contributed by atoms with Crippen LogP contribution in [-0.4, -0.2) is 11.1 Å². The van der Waals surface area contributed by atoms with Crippen molar-refractivity contribution in [2.75, 3.05) is 0 Å². The van der Waals surface area contributed by atoms with Gasteiger partial charge >= 0.3 is 5.97 Å². The molecular weight excluding hydrogens is 288 g/mol. The van der Waals surface area contributed by atoms with Crippen LogP contribution in [0.15, 0.2) is 77.8 Å². The maximum atomic E-state index is 12.5. The lowest BCUT2D eigenvalue weighted by molar-refractivity contribution is -0.145. The maximum absolute atomic E-state index is 12.5. The number of rotatable bonds is 3. The molecular formula is C20H20O3. The van der Waals surface area contributed by atoms with Crippen LogP contribution in [0.3, 0.4) is 0 Å². The third-order valence-corrected chi connectivity index (χ3v) is 4.36. The van der Waals surface area contributed by atoms with Gasteiger partial charge in [-0.2, -0.15) is 0 Å². The second-order valence-electron chi connectivity index (χ2n) is 5.74. The summed E-state index contributed by atoms with van der Waals surface area (Å²) in [6, 6.07) is 9.83. The molecule has 2 atom stereocenters. The van der Waals surface area contributed by atoms with Crippen molar-refractivity contribution in [2.24, 2.45) is 5.92 Å². The molecule has 0 spiro atoms. The highest BCUT2D eigenvalue weighted by Crippen LogP contribution is 2.40. The Kier molecular flexibility index (Phi) is 4.47. The van der Waals surface area contributed by atoms with Gasteiger partial charge in [0.2, 0.25) is 0 Å². The Morgan fingerprint density at radius 3 is 2.74 bits per heavy atom. The predicted octanol–water partition coefficient (Wildman–Crippen LogP) is 4.57. The number of carbonyl (C=O) groups is 1. The van der Waals surface area contributed by atoms with Crippen LogP contribution >= 0.6 is 0 Å². The van der Waals surface area contributed by atoms with E-state index in [1.54, 1.807) is 12.2 Å². The molecule has 0 saturated carbocycles. The van der Waals surface area contributed by atoms with Crippen LogP contribution in [0.25, 0.3) is 0 Å². The maximum Gasteiger partial charge on any atom is 0.322 e. The van der Waals surface area contributed by atoms with Gasteiger partial charge in [0, 0.05) is 11.5 Å². The largest absolute Gasteiger partial charge is 0.511 e. The van der Waals surface area contributed by atoms with E-state index in [2.05, 4.69) is 0 Å². The molecule has 1 aromatic rings. The molecule has 1 aromatic carbocycles. The van der Waals surface area contributed by atoms with Crippen LogP contribution in [-0.2, 0) is 9.53 Å². The van der Waals surface area contributed by atoms with Gasteiger partial charge in [-0.15, -0.1) is 0 Å². The van der Waals surface area contributed by atoms with Gasteiger partial charge in [0.25, 0.3) is 0 Å². The monoisotopic (exact) mass is 308 g/mol. The predicted molar refractivity (Wildman–Crippen MR) is 89.7 cm³/mol. The number of fused-ring (bicyclic) bond motifs is 1. The van der Waals surface area contributed by atoms with Gasteiger partial charge in [-0.25, -0.2) is 0 Å². The van der Waals surface area contributed by atoms with Crippen molar-refractivity contribution in [1.82, 2.24) is 0 Å². The summed E-state index contributed by atoms with van der Waals surface area (Å²) in [6.07, 6.45) is 10.6. The molecule has 3 heteroatoms. The molecule has 3 nitrogen and oxygen atoms in total. The number of carbonyl (C=O) groups excluding carboxylic acids is 1. The van der Waals surface area contributed by atoms with Gasteiger partial charge in [-0.3, -0.25) is 4.79 Å². The normalized spacial score (nSPS) is 26.9. The lowest BCUT2D eigenvalue weighted by Gasteiger charge is -2.31. The Bertz CT molecular complexity index is 708. The van der Waals surface area contributed by atoms with Crippen molar-refractivity contribution < 1.29 is 14.6 Å². The SMILES string of the molecule is CC[C@@H](c1ccccc1)C1C(=O)O/C2=C/C=C\C=C/CC2=C1O. The molecule has 1 aliphatic carbocycles. The van der Waals surface area contributed by atoms with Crippen molar-refractivity contribution >= 4 is 5.97 Å². The highest BCUT2D eigenvalue weighted by Gasteiger charge is 2.39. The Hall–Kier alpha value is -2.55. The first kappa shape index (κ1) is 15.3. The van der Waals surface area contributed by atoms with Gasteiger partial charge in [-0.05, 0) is 24.5 Å². The second-order valence-corrected chi connectivity index (χ2v) is 5.74. The first-order valence-corrected chi connectivity index (χ1v) is 7.95. The number of aliphatic hydroxyl groups is 1. The fraction of sp³-hybridized carbons (Fsp3) is 0.250. The van der Waals surface area contributed by atoms with E-state index in [0.29, 0.717) is 17.8 Å². The molecule has 0 radical (unpaired) electrons. The zero-order valence-corrected chi connectivity index (χ0v) is 13.1. The molecule has 0 saturated heterocycles. The quantitative estimate of drug-likeness (QED) is 0.832. The molecule has 118 valence electrons. The summed E-state index contributed by atoms with van der Waals surface area (Å²) in [7, 11) is 0. The van der Waals surface area contributed by atoms with Gasteiger partial charge < -0.3 is 9.84 Å². The number of allylic oxidation sites excluding steroid dienone is 6. The minimum atomic E-state index is -0.647. The first-order valence-electron chi connectivity index (χ1n) is 7.95. The van der Waals surface area contributed by atoms with E-state index in [-0.39, 0.29) is 17.6 Å². The number of aliphatic hydroxyl groups excluding tert-OH is 1. The van der Waals surface area contributed by atoms with Gasteiger partial charge in [0.05, 0.1) is 0 Å². The van der Waals surface area contributed by atoms with Crippen LogP contribution in [0.2, 0.25) is 0 Å². The van der Waals surface area contributed by atoms with Gasteiger partial charge in [-0.1, -0.05) is 61.6 Å². The van der Waals surface area contributed by atoms with Crippen LogP contribution in [0, 0.1) is 5.92 Å². The number of hydrogen-bond donors (Lipinski definition) is 1. The molecule has 1 heterocycles. The zero-order chi connectivity index (χ0) is 16.2. The summed E-state index contributed by atoms with van der Waals surface area (Å²) >= 11 is 0. The highest BCUT2D eigenvalue weighted by molar-refractivity contribution is 5.81. The Balaban J connectivity index is 2.05. The van der Waals surface area contributed by atoms with Crippen molar-refractivity contribution in [3.63, 3.8) is 0 Å². The standard InChI is InChI=1S/C20H20O3/c1-2-15(14-10-6-5-7-11-14)18-19(21)16-12-8-3-4-9-13-17(16)23-20(18)22/h3-11,13,15,18,21H,2,12H2,1H3/b8-3-,9-4-,17-13+/t15-,18?/m0/s1. The molecule has 2 aliphatic rings. The smallest absolute Gasteiger partial charge is 0.322 e. The number of benzene rings is 1. The van der Waals surface area contributed by atoms with Gasteiger partial charge in [0.1, 0.15) is 17.4 Å². The second kappa shape index (κ2) is 6.69. The summed E-state index contributed by atoms with van der Waals surface area (Å²) in [4.78, 5) is 12.5. The molecule has 1 unspecified atom stereocenters. The van der Waals surface area contributed by atoms with Crippen LogP contribution in [0.5, 0.6) is 0 Å².